The summed E-state index contributed by atoms with van der Waals surface area (Å²) in [6, 6.07) is 6.11. The third-order valence-electron chi connectivity index (χ3n) is 2.41. The summed E-state index contributed by atoms with van der Waals surface area (Å²) in [5.41, 5.74) is 2.38. The van der Waals surface area contributed by atoms with Gasteiger partial charge in [-0.1, -0.05) is 34.1 Å². The molecule has 14 heavy (non-hydrogen) atoms. The number of aryl methyl sites for hydroxylation is 1. The Labute approximate surface area is 95.5 Å². The van der Waals surface area contributed by atoms with Gasteiger partial charge >= 0.3 is 0 Å². The van der Waals surface area contributed by atoms with E-state index < -0.39 is 0 Å². The van der Waals surface area contributed by atoms with E-state index in [1.54, 1.807) is 11.3 Å². The molecule has 0 aliphatic rings. The molecule has 74 valence electrons. The molecule has 0 fully saturated rings. The molecule has 0 aliphatic carbocycles. The molecule has 0 atom stereocenters. The molecule has 1 aromatic heterocycles. The molecule has 1 nitrogen and oxygen atoms in total. The summed E-state index contributed by atoms with van der Waals surface area (Å²) < 4.78 is 1.22. The Morgan fingerprint density at radius 1 is 1.43 bits per heavy atom. The first kappa shape index (κ1) is 10.1. The van der Waals surface area contributed by atoms with Gasteiger partial charge in [-0.15, -0.1) is 11.3 Å². The van der Waals surface area contributed by atoms with Gasteiger partial charge in [0, 0.05) is 14.9 Å². The highest BCUT2D eigenvalue weighted by molar-refractivity contribution is 9.08. The van der Waals surface area contributed by atoms with Crippen LogP contribution in [0.5, 0.6) is 0 Å². The van der Waals surface area contributed by atoms with Gasteiger partial charge in [-0.3, -0.25) is 0 Å². The second kappa shape index (κ2) is 4.01. The van der Waals surface area contributed by atoms with Gasteiger partial charge in [0.05, 0.1) is 6.61 Å². The molecule has 1 aromatic carbocycles. The van der Waals surface area contributed by atoms with Gasteiger partial charge in [0.15, 0.2) is 0 Å². The van der Waals surface area contributed by atoms with Crippen molar-refractivity contribution >= 4 is 37.4 Å². The van der Waals surface area contributed by atoms with Crippen LogP contribution in [0.2, 0.25) is 0 Å². The number of alkyl halides is 1. The summed E-state index contributed by atoms with van der Waals surface area (Å²) in [6.45, 7) is 2.25. The predicted molar refractivity (Wildman–Crippen MR) is 65.1 cm³/mol. The lowest BCUT2D eigenvalue weighted by Gasteiger charge is -1.98. The van der Waals surface area contributed by atoms with Crippen LogP contribution in [-0.2, 0) is 11.9 Å². The van der Waals surface area contributed by atoms with Crippen LogP contribution in [0.1, 0.15) is 16.0 Å². The van der Waals surface area contributed by atoms with Crippen LogP contribution >= 0.6 is 27.3 Å². The average Bonchev–Trinajstić information content (AvgIpc) is 2.52. The van der Waals surface area contributed by atoms with Crippen molar-refractivity contribution in [1.29, 1.82) is 0 Å². The van der Waals surface area contributed by atoms with Gasteiger partial charge in [-0.05, 0) is 23.4 Å². The van der Waals surface area contributed by atoms with Gasteiger partial charge in [0.25, 0.3) is 0 Å². The number of benzene rings is 1. The minimum absolute atomic E-state index is 0.124. The molecule has 0 radical (unpaired) electrons. The van der Waals surface area contributed by atoms with Gasteiger partial charge in [0.1, 0.15) is 0 Å². The van der Waals surface area contributed by atoms with Crippen LogP contribution in [0.3, 0.4) is 0 Å². The van der Waals surface area contributed by atoms with Crippen LogP contribution in [0, 0.1) is 6.92 Å². The number of aliphatic hydroxyl groups is 1. The summed E-state index contributed by atoms with van der Waals surface area (Å²) >= 11 is 5.26. The largest absolute Gasteiger partial charge is 0.392 e. The van der Waals surface area contributed by atoms with Gasteiger partial charge < -0.3 is 5.11 Å². The second-order valence-corrected chi connectivity index (χ2v) is 5.01. The highest BCUT2D eigenvalue weighted by Gasteiger charge is 2.09. The summed E-state index contributed by atoms with van der Waals surface area (Å²) in [7, 11) is 0. The van der Waals surface area contributed by atoms with E-state index in [9.17, 15) is 5.11 Å². The van der Waals surface area contributed by atoms with Crippen molar-refractivity contribution in [2.24, 2.45) is 0 Å². The van der Waals surface area contributed by atoms with Crippen molar-refractivity contribution in [2.75, 3.05) is 0 Å². The number of hydrogen-bond donors (Lipinski definition) is 1. The molecule has 0 aliphatic heterocycles. The van der Waals surface area contributed by atoms with Crippen molar-refractivity contribution in [3.05, 3.63) is 34.2 Å². The molecule has 0 amide bonds. The van der Waals surface area contributed by atoms with E-state index >= 15 is 0 Å². The van der Waals surface area contributed by atoms with Gasteiger partial charge in [-0.25, -0.2) is 0 Å². The van der Waals surface area contributed by atoms with Crippen molar-refractivity contribution in [3.63, 3.8) is 0 Å². The fourth-order valence-corrected chi connectivity index (χ4v) is 3.72. The second-order valence-electron chi connectivity index (χ2n) is 3.22. The molecular formula is C11H11BrOS. The number of aliphatic hydroxyl groups excluding tert-OH is 1. The maximum atomic E-state index is 9.20. The van der Waals surface area contributed by atoms with Crippen LogP contribution in [0.25, 0.3) is 10.1 Å². The van der Waals surface area contributed by atoms with Crippen molar-refractivity contribution in [2.45, 2.75) is 18.9 Å². The molecule has 2 aromatic rings. The summed E-state index contributed by atoms with van der Waals surface area (Å²) in [5, 5.41) is 11.4. The highest BCUT2D eigenvalue weighted by atomic mass is 79.9. The van der Waals surface area contributed by atoms with E-state index in [0.717, 1.165) is 10.9 Å². The zero-order valence-electron chi connectivity index (χ0n) is 7.88. The quantitative estimate of drug-likeness (QED) is 0.827. The topological polar surface area (TPSA) is 20.2 Å². The lowest BCUT2D eigenvalue weighted by molar-refractivity contribution is 0.283. The van der Waals surface area contributed by atoms with E-state index in [0.29, 0.717) is 0 Å². The SMILES string of the molecule is Cc1sc2c(CO)cccc2c1CBr. The summed E-state index contributed by atoms with van der Waals surface area (Å²) in [4.78, 5) is 1.33. The smallest absolute Gasteiger partial charge is 0.0695 e. The number of hydrogen-bond acceptors (Lipinski definition) is 2. The molecule has 0 saturated heterocycles. The standard InChI is InChI=1S/C11H11BrOS/c1-7-10(5-12)9-4-2-3-8(6-13)11(9)14-7/h2-4,13H,5-6H2,1H3. The average molecular weight is 271 g/mol. The highest BCUT2D eigenvalue weighted by Crippen LogP contribution is 2.34. The third-order valence-corrected chi connectivity index (χ3v) is 4.21. The van der Waals surface area contributed by atoms with E-state index in [4.69, 9.17) is 0 Å². The minimum atomic E-state index is 0.124. The number of halogens is 1. The molecule has 1 N–H and O–H groups in total. The number of rotatable bonds is 2. The first-order valence-corrected chi connectivity index (χ1v) is 6.38. The maximum Gasteiger partial charge on any atom is 0.0695 e. The lowest BCUT2D eigenvalue weighted by atomic mass is 10.1. The summed E-state index contributed by atoms with van der Waals surface area (Å²) in [5.74, 6) is 0. The Bertz CT molecular complexity index is 462. The Balaban J connectivity index is 2.79. The zero-order chi connectivity index (χ0) is 10.1. The molecule has 0 spiro atoms. The van der Waals surface area contributed by atoms with Crippen LogP contribution in [-0.4, -0.2) is 5.11 Å². The molecule has 1 heterocycles. The molecule has 2 rings (SSSR count). The number of thiophene rings is 1. The molecule has 0 unspecified atom stereocenters. The molecular weight excluding hydrogens is 260 g/mol. The van der Waals surface area contributed by atoms with Crippen LogP contribution in [0.15, 0.2) is 18.2 Å². The fourth-order valence-electron chi connectivity index (χ4n) is 1.64. The molecule has 0 saturated carbocycles. The monoisotopic (exact) mass is 270 g/mol. The van der Waals surface area contributed by atoms with Crippen molar-refractivity contribution in [3.8, 4) is 0 Å². The number of fused-ring (bicyclic) bond motifs is 1. The van der Waals surface area contributed by atoms with E-state index in [-0.39, 0.29) is 6.61 Å². The van der Waals surface area contributed by atoms with Gasteiger partial charge in [-0.2, -0.15) is 0 Å². The van der Waals surface area contributed by atoms with E-state index in [1.807, 2.05) is 12.1 Å². The lowest BCUT2D eigenvalue weighted by Crippen LogP contribution is -1.82. The van der Waals surface area contributed by atoms with Crippen LogP contribution < -0.4 is 0 Å². The van der Waals surface area contributed by atoms with Crippen molar-refractivity contribution in [1.82, 2.24) is 0 Å². The van der Waals surface area contributed by atoms with E-state index in [2.05, 4.69) is 28.9 Å². The molecule has 3 heteroatoms. The third kappa shape index (κ3) is 1.49. The Kier molecular flexibility index (Phi) is 2.91. The predicted octanol–water partition coefficient (Wildman–Crippen LogP) is 3.60. The minimum Gasteiger partial charge on any atom is -0.392 e. The Morgan fingerprint density at radius 2 is 2.21 bits per heavy atom. The Hall–Kier alpha value is -0.380. The van der Waals surface area contributed by atoms with Crippen molar-refractivity contribution < 1.29 is 5.11 Å². The molecule has 0 bridgehead atoms. The Morgan fingerprint density at radius 3 is 2.86 bits per heavy atom. The van der Waals surface area contributed by atoms with Gasteiger partial charge in [0.2, 0.25) is 0 Å². The first-order valence-electron chi connectivity index (χ1n) is 4.44. The fraction of sp³-hybridized carbons (Fsp3) is 0.273. The summed E-state index contributed by atoms with van der Waals surface area (Å²) in [6.07, 6.45) is 0. The first-order chi connectivity index (χ1) is 6.77. The normalized spacial score (nSPS) is 11.1. The van der Waals surface area contributed by atoms with Crippen LogP contribution in [0.4, 0.5) is 0 Å². The zero-order valence-corrected chi connectivity index (χ0v) is 10.3. The maximum absolute atomic E-state index is 9.20. The van der Waals surface area contributed by atoms with E-state index in [1.165, 1.54) is 20.5 Å².